The highest BCUT2D eigenvalue weighted by molar-refractivity contribution is 5.92. The first-order chi connectivity index (χ1) is 7.75. The van der Waals surface area contributed by atoms with Gasteiger partial charge in [-0.25, -0.2) is 0 Å². The van der Waals surface area contributed by atoms with Crippen LogP contribution in [-0.4, -0.2) is 25.3 Å². The molecule has 1 unspecified atom stereocenters. The van der Waals surface area contributed by atoms with Gasteiger partial charge in [0, 0.05) is 12.3 Å². The molecule has 0 radical (unpaired) electrons. The molecule has 2 rings (SSSR count). The molecule has 0 spiro atoms. The van der Waals surface area contributed by atoms with Crippen molar-refractivity contribution in [2.24, 2.45) is 5.92 Å². The fraction of sp³-hybridized carbons (Fsp3) is 0.769. The maximum absolute atomic E-state index is 11.5. The lowest BCUT2D eigenvalue weighted by Crippen LogP contribution is -2.25. The molecule has 1 aliphatic heterocycles. The Morgan fingerprint density at radius 2 is 2.12 bits per heavy atom. The van der Waals surface area contributed by atoms with E-state index in [1.54, 1.807) is 0 Å². The van der Waals surface area contributed by atoms with E-state index in [0.717, 1.165) is 45.3 Å². The molecule has 2 aliphatic rings. The largest absolute Gasteiger partial charge is 0.353 e. The Hall–Kier alpha value is -0.670. The van der Waals surface area contributed by atoms with Crippen LogP contribution in [0.1, 0.15) is 39.0 Å². The molecule has 1 heterocycles. The van der Waals surface area contributed by atoms with Gasteiger partial charge in [0.1, 0.15) is 0 Å². The van der Waals surface area contributed by atoms with Gasteiger partial charge in [-0.1, -0.05) is 12.5 Å². The number of rotatable bonds is 3. The van der Waals surface area contributed by atoms with Gasteiger partial charge in [0.15, 0.2) is 12.1 Å². The zero-order valence-electron chi connectivity index (χ0n) is 9.91. The van der Waals surface area contributed by atoms with Gasteiger partial charge >= 0.3 is 0 Å². The molecule has 1 aliphatic carbocycles. The number of carbonyl (C=O) groups is 1. The van der Waals surface area contributed by atoms with E-state index in [1.807, 2.05) is 13.0 Å². The van der Waals surface area contributed by atoms with Crippen LogP contribution in [0, 0.1) is 5.92 Å². The first kappa shape index (κ1) is 11.8. The van der Waals surface area contributed by atoms with Crippen LogP contribution in [0.25, 0.3) is 0 Å². The van der Waals surface area contributed by atoms with E-state index in [0.29, 0.717) is 0 Å². The summed E-state index contributed by atoms with van der Waals surface area (Å²) in [6.07, 6.45) is 6.64. The van der Waals surface area contributed by atoms with E-state index in [1.165, 1.54) is 5.57 Å². The monoisotopic (exact) mass is 224 g/mol. The Morgan fingerprint density at radius 1 is 1.38 bits per heavy atom. The van der Waals surface area contributed by atoms with Crippen molar-refractivity contribution >= 4 is 5.78 Å². The summed E-state index contributed by atoms with van der Waals surface area (Å²) in [6, 6.07) is 0. The third-order valence-electron chi connectivity index (χ3n) is 3.33. The number of ketones is 1. The molecule has 3 nitrogen and oxygen atoms in total. The number of hydrogen-bond acceptors (Lipinski definition) is 3. The molecule has 0 saturated carbocycles. The van der Waals surface area contributed by atoms with E-state index < -0.39 is 0 Å². The topological polar surface area (TPSA) is 35.5 Å². The Kier molecular flexibility index (Phi) is 4.13. The molecule has 1 atom stereocenters. The first-order valence-electron chi connectivity index (χ1n) is 6.22. The highest BCUT2D eigenvalue weighted by atomic mass is 16.7. The van der Waals surface area contributed by atoms with Crippen LogP contribution in [0.2, 0.25) is 0 Å². The maximum atomic E-state index is 11.5. The minimum absolute atomic E-state index is 0.0518. The van der Waals surface area contributed by atoms with Crippen molar-refractivity contribution in [3.8, 4) is 0 Å². The smallest absolute Gasteiger partial charge is 0.158 e. The van der Waals surface area contributed by atoms with Crippen molar-refractivity contribution in [2.75, 3.05) is 13.2 Å². The van der Waals surface area contributed by atoms with Crippen molar-refractivity contribution in [2.45, 2.75) is 45.3 Å². The summed E-state index contributed by atoms with van der Waals surface area (Å²) in [6.45, 7) is 3.61. The molecule has 1 fully saturated rings. The molecule has 3 heteroatoms. The molecule has 0 amide bonds. The third kappa shape index (κ3) is 3.16. The molecule has 0 N–H and O–H groups in total. The van der Waals surface area contributed by atoms with Crippen LogP contribution in [0.4, 0.5) is 0 Å². The molecule has 1 saturated heterocycles. The highest BCUT2D eigenvalue weighted by Crippen LogP contribution is 2.25. The van der Waals surface area contributed by atoms with Crippen LogP contribution in [0.15, 0.2) is 11.6 Å². The van der Waals surface area contributed by atoms with Gasteiger partial charge in [-0.2, -0.15) is 0 Å². The van der Waals surface area contributed by atoms with Crippen molar-refractivity contribution in [3.05, 3.63) is 11.6 Å². The van der Waals surface area contributed by atoms with Crippen LogP contribution >= 0.6 is 0 Å². The van der Waals surface area contributed by atoms with E-state index >= 15 is 0 Å². The van der Waals surface area contributed by atoms with Gasteiger partial charge < -0.3 is 9.47 Å². The number of hydrogen-bond donors (Lipinski definition) is 0. The molecule has 0 aromatic heterocycles. The summed E-state index contributed by atoms with van der Waals surface area (Å²) in [5, 5.41) is 0. The van der Waals surface area contributed by atoms with Gasteiger partial charge in [-0.05, 0) is 31.8 Å². The lowest BCUT2D eigenvalue weighted by atomic mass is 9.88. The molecule has 90 valence electrons. The second-order valence-electron chi connectivity index (χ2n) is 4.71. The van der Waals surface area contributed by atoms with Crippen molar-refractivity contribution in [1.29, 1.82) is 0 Å². The summed E-state index contributed by atoms with van der Waals surface area (Å²) in [7, 11) is 0. The number of ether oxygens (including phenoxy) is 2. The van der Waals surface area contributed by atoms with E-state index in [2.05, 4.69) is 0 Å². The van der Waals surface area contributed by atoms with Gasteiger partial charge in [0.05, 0.1) is 13.2 Å². The fourth-order valence-corrected chi connectivity index (χ4v) is 2.16. The van der Waals surface area contributed by atoms with Crippen LogP contribution in [0.5, 0.6) is 0 Å². The maximum Gasteiger partial charge on any atom is 0.158 e. The predicted octanol–water partition coefficient (Wildman–Crippen LogP) is 2.46. The second-order valence-corrected chi connectivity index (χ2v) is 4.71. The fourth-order valence-electron chi connectivity index (χ4n) is 2.16. The zero-order chi connectivity index (χ0) is 11.4. The zero-order valence-corrected chi connectivity index (χ0v) is 9.91. The molecule has 0 bridgehead atoms. The highest BCUT2D eigenvalue weighted by Gasteiger charge is 2.19. The number of allylic oxidation sites excluding steroid dienone is 2. The third-order valence-corrected chi connectivity index (χ3v) is 3.33. The molecule has 0 aromatic carbocycles. The van der Waals surface area contributed by atoms with Crippen LogP contribution in [0.3, 0.4) is 0 Å². The van der Waals surface area contributed by atoms with Gasteiger partial charge in [0.25, 0.3) is 0 Å². The lowest BCUT2D eigenvalue weighted by molar-refractivity contribution is -0.180. The SMILES string of the molecule is CC1CCC(CCC2OCCCO2)=CC1=O. The summed E-state index contributed by atoms with van der Waals surface area (Å²) in [5.74, 6) is 0.498. The van der Waals surface area contributed by atoms with Crippen LogP contribution < -0.4 is 0 Å². The van der Waals surface area contributed by atoms with Gasteiger partial charge in [0.2, 0.25) is 0 Å². The van der Waals surface area contributed by atoms with Crippen molar-refractivity contribution in [1.82, 2.24) is 0 Å². The minimum Gasteiger partial charge on any atom is -0.353 e. The average molecular weight is 224 g/mol. The van der Waals surface area contributed by atoms with Gasteiger partial charge in [-0.15, -0.1) is 0 Å². The quantitative estimate of drug-likeness (QED) is 0.738. The standard InChI is InChI=1S/C13H20O3/c1-10-3-4-11(9-12(10)14)5-6-13-15-7-2-8-16-13/h9-10,13H,2-8H2,1H3. The molecule has 16 heavy (non-hydrogen) atoms. The lowest BCUT2D eigenvalue weighted by Gasteiger charge is -2.24. The minimum atomic E-state index is -0.0518. The van der Waals surface area contributed by atoms with Crippen molar-refractivity contribution in [3.63, 3.8) is 0 Å². The molecular formula is C13H20O3. The summed E-state index contributed by atoms with van der Waals surface area (Å²) in [4.78, 5) is 11.5. The van der Waals surface area contributed by atoms with E-state index in [9.17, 15) is 4.79 Å². The van der Waals surface area contributed by atoms with Gasteiger partial charge in [-0.3, -0.25) is 4.79 Å². The Balaban J connectivity index is 1.77. The predicted molar refractivity (Wildman–Crippen MR) is 61.0 cm³/mol. The second kappa shape index (κ2) is 5.60. The normalized spacial score (nSPS) is 27.9. The summed E-state index contributed by atoms with van der Waals surface area (Å²) >= 11 is 0. The average Bonchev–Trinajstić information content (AvgIpc) is 2.32. The summed E-state index contributed by atoms with van der Waals surface area (Å²) < 4.78 is 11.0. The Morgan fingerprint density at radius 3 is 2.81 bits per heavy atom. The molecular weight excluding hydrogens is 204 g/mol. The first-order valence-corrected chi connectivity index (χ1v) is 6.22. The van der Waals surface area contributed by atoms with E-state index in [4.69, 9.17) is 9.47 Å². The Labute approximate surface area is 96.8 Å². The Bertz CT molecular complexity index is 277. The number of carbonyl (C=O) groups excluding carboxylic acids is 1. The van der Waals surface area contributed by atoms with E-state index in [-0.39, 0.29) is 18.0 Å². The summed E-state index contributed by atoms with van der Waals surface area (Å²) in [5.41, 5.74) is 1.26. The molecule has 0 aromatic rings. The van der Waals surface area contributed by atoms with Crippen LogP contribution in [-0.2, 0) is 14.3 Å². The van der Waals surface area contributed by atoms with Crippen molar-refractivity contribution < 1.29 is 14.3 Å².